The minimum absolute atomic E-state index is 0. The molecule has 0 atom stereocenters. The van der Waals surface area contributed by atoms with Gasteiger partial charge in [-0.3, -0.25) is 11.1 Å². The fourth-order valence-electron chi connectivity index (χ4n) is 5.80. The summed E-state index contributed by atoms with van der Waals surface area (Å²) in [4.78, 5) is 7.27. The van der Waals surface area contributed by atoms with Gasteiger partial charge in [0.2, 0.25) is 6.20 Å². The SMILES string of the molecule is C[N+]1=C=[N+](c2[c-]c(Oc3[c-]c(-c4nc[c-]c(-c5[c-]c(Oc6[c-]cccc6)ccc5)c4N4CCCCC4)ccc3)ccc2)C=C1.[C-]#Cn1cccc1.[Pt+2].[Pt+4]. The second kappa shape index (κ2) is 19.0. The maximum absolute atomic E-state index is 6.57. The fourth-order valence-corrected chi connectivity index (χ4v) is 5.80. The topological polar surface area (TPSA) is 45.5 Å². The predicted molar refractivity (Wildman–Crippen MR) is 196 cm³/mol. The van der Waals surface area contributed by atoms with Crippen LogP contribution in [0.1, 0.15) is 19.3 Å². The third kappa shape index (κ3) is 10.0. The Bertz CT molecular complexity index is 2270. The van der Waals surface area contributed by atoms with E-state index in [9.17, 15) is 0 Å². The van der Waals surface area contributed by atoms with Gasteiger partial charge in [0.05, 0.1) is 0 Å². The normalized spacial score (nSPS) is 12.9. The van der Waals surface area contributed by atoms with Crippen LogP contribution in [0.5, 0.6) is 23.0 Å². The number of hydrogen-bond donors (Lipinski definition) is 0. The molecule has 4 aromatic carbocycles. The number of aromatic nitrogens is 2. The minimum atomic E-state index is 0. The van der Waals surface area contributed by atoms with Crippen LogP contribution in [0.25, 0.3) is 22.4 Å². The second-order valence-electron chi connectivity index (χ2n) is 11.8. The minimum Gasteiger partial charge on any atom is -0.669 e. The van der Waals surface area contributed by atoms with Gasteiger partial charge in [-0.05, 0) is 25.0 Å². The first kappa shape index (κ1) is 39.0. The van der Waals surface area contributed by atoms with Gasteiger partial charge in [-0.15, -0.1) is 53.7 Å². The maximum Gasteiger partial charge on any atom is 4.00 e. The predicted octanol–water partition coefficient (Wildman–Crippen LogP) is 8.81. The van der Waals surface area contributed by atoms with Gasteiger partial charge in [0.25, 0.3) is 6.20 Å². The average Bonchev–Trinajstić information content (AvgIpc) is 3.88. The van der Waals surface area contributed by atoms with Crippen molar-refractivity contribution in [2.24, 2.45) is 0 Å². The molecule has 264 valence electrons. The van der Waals surface area contributed by atoms with Gasteiger partial charge in [-0.2, -0.15) is 42.5 Å². The number of rotatable bonds is 8. The molecule has 53 heavy (non-hydrogen) atoms. The molecule has 0 radical (unpaired) electrons. The van der Waals surface area contributed by atoms with Gasteiger partial charge < -0.3 is 30.3 Å². The van der Waals surface area contributed by atoms with Crippen molar-refractivity contribution in [2.75, 3.05) is 25.0 Å². The van der Waals surface area contributed by atoms with Gasteiger partial charge in [-0.25, -0.2) is 12.1 Å². The molecule has 1 saturated heterocycles. The van der Waals surface area contributed by atoms with Crippen molar-refractivity contribution in [1.82, 2.24) is 9.55 Å². The monoisotopic (exact) mass is 1050 g/mol. The maximum atomic E-state index is 6.57. The first-order chi connectivity index (χ1) is 25.1. The molecule has 0 unspecified atom stereocenters. The van der Waals surface area contributed by atoms with E-state index in [0.29, 0.717) is 23.0 Å². The quantitative estimate of drug-likeness (QED) is 0.0870. The summed E-state index contributed by atoms with van der Waals surface area (Å²) in [6, 6.07) is 51.0. The standard InChI is InChI=1S/C38H29N4O2.C6H4N.2Pt/c1-40-23-24-42(28-40)31-13-10-18-35(27-31)44-34-17-9-12-30(26-34)37-38(41-21-6-3-7-22-41)36(19-20-39-37)29-11-8-16-33(25-29)43-32-14-4-2-5-15-32;1-2-7-5-3-4-6-7;;/h2,4-5,8-14,16-18,20,23-24H,3,6-7,21-22H2,1H3;3-6H;;/q-3;-1;+2;+4. The van der Waals surface area contributed by atoms with E-state index < -0.39 is 0 Å². The van der Waals surface area contributed by atoms with Crippen LogP contribution < -0.4 is 14.4 Å². The van der Waals surface area contributed by atoms with Crippen LogP contribution in [0.2, 0.25) is 0 Å². The van der Waals surface area contributed by atoms with Crippen molar-refractivity contribution in [3.05, 3.63) is 159 Å². The van der Waals surface area contributed by atoms with Crippen molar-refractivity contribution in [2.45, 2.75) is 19.3 Å². The third-order valence-corrected chi connectivity index (χ3v) is 8.17. The van der Waals surface area contributed by atoms with E-state index in [-0.39, 0.29) is 42.1 Å². The van der Waals surface area contributed by atoms with Crippen LogP contribution in [0.3, 0.4) is 0 Å². The number of benzene rings is 4. The van der Waals surface area contributed by atoms with E-state index in [1.165, 1.54) is 6.42 Å². The van der Waals surface area contributed by atoms with E-state index >= 15 is 0 Å². The molecule has 1 fully saturated rings. The molecule has 2 aliphatic rings. The molecule has 4 heterocycles. The largest absolute Gasteiger partial charge is 4.00 e. The number of ether oxygens (including phenoxy) is 2. The van der Waals surface area contributed by atoms with E-state index in [4.69, 9.17) is 20.9 Å². The molecule has 0 amide bonds. The number of pyridine rings is 1. The third-order valence-electron chi connectivity index (χ3n) is 8.17. The van der Waals surface area contributed by atoms with Crippen LogP contribution >= 0.6 is 0 Å². The van der Waals surface area contributed by atoms with Gasteiger partial charge in [0.15, 0.2) is 7.05 Å². The Morgan fingerprint density at radius 1 is 0.755 bits per heavy atom. The number of hydrogen-bond acceptors (Lipinski definition) is 4. The van der Waals surface area contributed by atoms with Crippen molar-refractivity contribution in [3.8, 4) is 51.4 Å². The number of para-hydroxylation sites is 1. The molecule has 2 aromatic heterocycles. The van der Waals surface area contributed by atoms with Crippen molar-refractivity contribution < 1.29 is 60.8 Å². The van der Waals surface area contributed by atoms with Crippen LogP contribution in [-0.4, -0.2) is 44.8 Å². The smallest absolute Gasteiger partial charge is 0.669 e. The molecule has 7 nitrogen and oxygen atoms in total. The zero-order valence-corrected chi connectivity index (χ0v) is 33.3. The van der Waals surface area contributed by atoms with Gasteiger partial charge >= 0.3 is 48.1 Å². The Morgan fingerprint density at radius 2 is 1.42 bits per heavy atom. The Morgan fingerprint density at radius 3 is 2.08 bits per heavy atom. The molecular weight excluding hydrogens is 1020 g/mol. The molecule has 0 bridgehead atoms. The number of piperidine rings is 1. The molecule has 0 N–H and O–H groups in total. The molecular formula is C44H33N5O2Pt2+2. The average molecular weight is 1050 g/mol. The first-order valence-electron chi connectivity index (χ1n) is 16.7. The van der Waals surface area contributed by atoms with Crippen LogP contribution in [0, 0.1) is 42.8 Å². The molecule has 9 heteroatoms. The summed E-state index contributed by atoms with van der Waals surface area (Å²) in [5.74, 6) is 2.44. The summed E-state index contributed by atoms with van der Waals surface area (Å²) in [6.45, 7) is 1.89. The van der Waals surface area contributed by atoms with E-state index in [0.717, 1.165) is 59.7 Å². The van der Waals surface area contributed by atoms with E-state index in [1.54, 1.807) is 23.2 Å². The summed E-state index contributed by atoms with van der Waals surface area (Å²) in [5, 5.41) is 0. The molecule has 0 spiro atoms. The molecule has 0 saturated carbocycles. The van der Waals surface area contributed by atoms with Crippen LogP contribution in [0.4, 0.5) is 11.4 Å². The number of anilines is 1. The Labute approximate surface area is 340 Å². The Kier molecular flexibility index (Phi) is 14.0. The van der Waals surface area contributed by atoms with E-state index in [1.807, 2.05) is 120 Å². The second-order valence-corrected chi connectivity index (χ2v) is 11.8. The number of nitrogens with zero attached hydrogens (tertiary/aromatic N) is 5. The molecule has 0 aliphatic carbocycles. The zero-order valence-electron chi connectivity index (χ0n) is 28.8. The van der Waals surface area contributed by atoms with Crippen molar-refractivity contribution >= 4 is 17.4 Å². The van der Waals surface area contributed by atoms with E-state index in [2.05, 4.69) is 47.3 Å². The Hall–Kier alpha value is -5.23. The zero-order chi connectivity index (χ0) is 34.8. The van der Waals surface area contributed by atoms with Crippen molar-refractivity contribution in [1.29, 1.82) is 0 Å². The summed E-state index contributed by atoms with van der Waals surface area (Å²) in [7, 11) is 1.93. The molecule has 6 aromatic rings. The molecule has 8 rings (SSSR count). The summed E-state index contributed by atoms with van der Waals surface area (Å²) in [5.41, 5.74) is 5.34. The summed E-state index contributed by atoms with van der Waals surface area (Å²) >= 11 is 0. The summed E-state index contributed by atoms with van der Waals surface area (Å²) < 4.78 is 17.6. The van der Waals surface area contributed by atoms with Crippen LogP contribution in [0.15, 0.2) is 122 Å². The first-order valence-corrected chi connectivity index (χ1v) is 16.7. The van der Waals surface area contributed by atoms with Gasteiger partial charge in [0, 0.05) is 48.5 Å². The van der Waals surface area contributed by atoms with Crippen LogP contribution in [-0.2, 0) is 42.1 Å². The van der Waals surface area contributed by atoms with Crippen molar-refractivity contribution in [3.63, 3.8) is 0 Å². The van der Waals surface area contributed by atoms with Gasteiger partial charge in [0.1, 0.15) is 5.69 Å². The fraction of sp³-hybridized carbons (Fsp3) is 0.136. The summed E-state index contributed by atoms with van der Waals surface area (Å²) in [6.07, 6.45) is 19.2. The van der Waals surface area contributed by atoms with Gasteiger partial charge in [-0.1, -0.05) is 45.7 Å². The molecule has 2 aliphatic heterocycles. The Balaban J connectivity index is 0.000000542.